The fourth-order valence-corrected chi connectivity index (χ4v) is 6.61. The molecule has 43 heavy (non-hydrogen) atoms. The maximum Gasteiger partial charge on any atom is 0.336 e. The molecule has 12 heteroatoms. The average molecular weight is 608 g/mol. The van der Waals surface area contributed by atoms with E-state index < -0.39 is 28.2 Å². The summed E-state index contributed by atoms with van der Waals surface area (Å²) in [6.07, 6.45) is 0.198. The van der Waals surface area contributed by atoms with Gasteiger partial charge in [-0.05, 0) is 49.1 Å². The summed E-state index contributed by atoms with van der Waals surface area (Å²) in [6, 6.07) is 20.5. The number of unbranched alkanes of at least 4 members (excludes halogenated alkanes) is 1. The number of carbonyl (C=O) groups is 2. The monoisotopic (exact) mass is 607 g/mol. The van der Waals surface area contributed by atoms with E-state index in [9.17, 15) is 23.1 Å². The molecule has 1 aliphatic heterocycles. The van der Waals surface area contributed by atoms with Crippen LogP contribution in [0.3, 0.4) is 0 Å². The van der Waals surface area contributed by atoms with Crippen molar-refractivity contribution >= 4 is 27.7 Å². The minimum Gasteiger partial charge on any atom is -0.409 e. The predicted molar refractivity (Wildman–Crippen MR) is 162 cm³/mol. The van der Waals surface area contributed by atoms with Crippen LogP contribution in [0.15, 0.2) is 88.9 Å². The lowest BCUT2D eigenvalue weighted by atomic mass is 9.99. The second-order valence-corrected chi connectivity index (χ2v) is 12.3. The molecule has 2 atom stereocenters. The molecular weight excluding hydrogens is 570 g/mol. The third kappa shape index (κ3) is 7.22. The van der Waals surface area contributed by atoms with Gasteiger partial charge in [-0.25, -0.2) is 18.2 Å². The number of hydrogen-bond donors (Lipinski definition) is 3. The van der Waals surface area contributed by atoms with Gasteiger partial charge in [0.15, 0.2) is 11.6 Å². The molecule has 4 N–H and O–H groups in total. The zero-order valence-electron chi connectivity index (χ0n) is 24.2. The van der Waals surface area contributed by atoms with E-state index in [-0.39, 0.29) is 48.1 Å². The number of urea groups is 1. The molecule has 228 valence electrons. The fourth-order valence-electron chi connectivity index (χ4n) is 5.08. The number of Topliss-reactive ketones (excluding diaryl/α,β-unsaturated/α-hetero) is 1. The largest absolute Gasteiger partial charge is 0.409 e. The Kier molecular flexibility index (Phi) is 10.2. The van der Waals surface area contributed by atoms with Crippen LogP contribution in [0, 0.1) is 0 Å². The molecule has 0 bridgehead atoms. The number of aliphatic hydroxyl groups is 1. The summed E-state index contributed by atoms with van der Waals surface area (Å²) in [4.78, 5) is 27.8. The second kappa shape index (κ2) is 13.8. The molecule has 2 amide bonds. The van der Waals surface area contributed by atoms with E-state index in [1.807, 2.05) is 37.3 Å². The third-order valence-corrected chi connectivity index (χ3v) is 9.18. The number of ketones is 1. The summed E-state index contributed by atoms with van der Waals surface area (Å²) in [5, 5.41) is 25.1. The number of amidine groups is 1. The molecule has 1 fully saturated rings. The van der Waals surface area contributed by atoms with E-state index in [1.165, 1.54) is 41.1 Å². The minimum absolute atomic E-state index is 0.0241. The number of hydrazine groups is 1. The van der Waals surface area contributed by atoms with E-state index in [2.05, 4.69) is 5.16 Å². The summed E-state index contributed by atoms with van der Waals surface area (Å²) < 4.78 is 29.1. The van der Waals surface area contributed by atoms with Crippen LogP contribution in [0.2, 0.25) is 0 Å². The Balaban J connectivity index is 1.82. The molecule has 1 saturated heterocycles. The maximum absolute atomic E-state index is 14.4. The Hall–Kier alpha value is -4.26. The lowest BCUT2D eigenvalue weighted by Gasteiger charge is -2.35. The quantitative estimate of drug-likeness (QED) is 0.0988. The van der Waals surface area contributed by atoms with Gasteiger partial charge in [-0.15, -0.1) is 4.41 Å². The van der Waals surface area contributed by atoms with E-state index in [1.54, 1.807) is 24.3 Å². The van der Waals surface area contributed by atoms with Gasteiger partial charge in [-0.3, -0.25) is 4.79 Å². The molecule has 3 aromatic carbocycles. The molecule has 0 spiro atoms. The number of amides is 2. The average Bonchev–Trinajstić information content (AvgIpc) is 3.10. The van der Waals surface area contributed by atoms with Gasteiger partial charge in [-0.1, -0.05) is 79.2 Å². The second-order valence-electron chi connectivity index (χ2n) is 10.5. The Labute approximate surface area is 251 Å². The standard InChI is InChI=1S/C31H37N5O6S/c1-3-4-16-35-31(39)34(20-24-12-8-14-26(17-24)30(32)33-40)28(18-23-10-6-5-7-11-23)29(38)21-36(35)43(41,42)27-15-9-13-25(19-27)22(2)37/h5-15,17,19,28-29,38,40H,3-4,16,18,20-21H2,1-2H3,(H2,32,33)/t28-,29-/m1/s1. The van der Waals surface area contributed by atoms with Crippen molar-refractivity contribution in [3.63, 3.8) is 0 Å². The molecule has 0 unspecified atom stereocenters. The summed E-state index contributed by atoms with van der Waals surface area (Å²) in [5.74, 6) is -0.394. The molecular formula is C31H37N5O6S. The normalized spacial score (nSPS) is 18.5. The van der Waals surface area contributed by atoms with Crippen LogP contribution < -0.4 is 5.73 Å². The number of nitrogens with two attached hydrogens (primary N) is 1. The topological polar surface area (TPSA) is 157 Å². The van der Waals surface area contributed by atoms with Crippen LogP contribution >= 0.6 is 0 Å². The first-order valence-corrected chi connectivity index (χ1v) is 15.5. The fraction of sp³-hybridized carbons (Fsp3) is 0.323. The van der Waals surface area contributed by atoms with Crippen molar-refractivity contribution in [2.75, 3.05) is 13.1 Å². The number of benzene rings is 3. The van der Waals surface area contributed by atoms with Crippen LogP contribution in [-0.4, -0.2) is 75.9 Å². The lowest BCUT2D eigenvalue weighted by molar-refractivity contribution is 0.0578. The van der Waals surface area contributed by atoms with Gasteiger partial charge in [0, 0.05) is 24.2 Å². The first kappa shape index (κ1) is 31.7. The van der Waals surface area contributed by atoms with Gasteiger partial charge >= 0.3 is 6.03 Å². The van der Waals surface area contributed by atoms with Crippen LogP contribution in [0.1, 0.15) is 53.7 Å². The Morgan fingerprint density at radius 2 is 1.67 bits per heavy atom. The molecule has 3 aromatic rings. The Morgan fingerprint density at radius 1 is 1.00 bits per heavy atom. The van der Waals surface area contributed by atoms with Gasteiger partial charge in [-0.2, -0.15) is 0 Å². The molecule has 0 saturated carbocycles. The van der Waals surface area contributed by atoms with Crippen molar-refractivity contribution in [1.82, 2.24) is 14.3 Å². The highest BCUT2D eigenvalue weighted by atomic mass is 32.2. The SMILES string of the molecule is CCCCN1C(=O)N(Cc2cccc(/C(N)=N\O)c2)[C@H](Cc2ccccc2)[C@H](O)CN1S(=O)(=O)c1cccc(C(C)=O)c1. The molecule has 0 aromatic heterocycles. The number of carbonyl (C=O) groups excluding carboxylic acids is 2. The number of oxime groups is 1. The van der Waals surface area contributed by atoms with E-state index in [4.69, 9.17) is 10.9 Å². The van der Waals surface area contributed by atoms with Crippen LogP contribution in [0.4, 0.5) is 4.79 Å². The highest BCUT2D eigenvalue weighted by Gasteiger charge is 2.44. The van der Waals surface area contributed by atoms with Crippen LogP contribution in [0.25, 0.3) is 0 Å². The van der Waals surface area contributed by atoms with E-state index in [0.717, 1.165) is 9.98 Å². The smallest absolute Gasteiger partial charge is 0.336 e. The Morgan fingerprint density at radius 3 is 2.35 bits per heavy atom. The number of hydrogen-bond acceptors (Lipinski definition) is 7. The molecule has 0 radical (unpaired) electrons. The predicted octanol–water partition coefficient (Wildman–Crippen LogP) is 3.60. The van der Waals surface area contributed by atoms with Crippen molar-refractivity contribution in [1.29, 1.82) is 0 Å². The van der Waals surface area contributed by atoms with Crippen LogP contribution in [-0.2, 0) is 23.0 Å². The number of β-amino-alcohol motifs (C(OH)–C–C–N with tert-alkyl or cyclic N) is 1. The number of sulfonamides is 1. The number of nitrogens with zero attached hydrogens (tertiary/aromatic N) is 4. The lowest BCUT2D eigenvalue weighted by Crippen LogP contribution is -2.53. The Bertz CT molecular complexity index is 1580. The van der Waals surface area contributed by atoms with Crippen molar-refractivity contribution in [3.05, 3.63) is 101 Å². The summed E-state index contributed by atoms with van der Waals surface area (Å²) in [5.41, 5.74) is 7.97. The maximum atomic E-state index is 14.4. The van der Waals surface area contributed by atoms with Gasteiger partial charge in [0.1, 0.15) is 0 Å². The van der Waals surface area contributed by atoms with Crippen molar-refractivity contribution in [3.8, 4) is 0 Å². The summed E-state index contributed by atoms with van der Waals surface area (Å²) >= 11 is 0. The summed E-state index contributed by atoms with van der Waals surface area (Å²) in [6.45, 7) is 3.02. The van der Waals surface area contributed by atoms with Crippen molar-refractivity contribution in [2.45, 2.75) is 56.7 Å². The van der Waals surface area contributed by atoms with Gasteiger partial charge < -0.3 is 20.9 Å². The molecule has 0 aliphatic carbocycles. The highest BCUT2D eigenvalue weighted by molar-refractivity contribution is 7.89. The van der Waals surface area contributed by atoms with Crippen molar-refractivity contribution < 1.29 is 28.3 Å². The zero-order chi connectivity index (χ0) is 31.1. The van der Waals surface area contributed by atoms with E-state index >= 15 is 0 Å². The molecule has 4 rings (SSSR count). The first-order valence-electron chi connectivity index (χ1n) is 14.1. The minimum atomic E-state index is -4.36. The molecule has 1 heterocycles. The summed E-state index contributed by atoms with van der Waals surface area (Å²) in [7, 11) is -4.36. The van der Waals surface area contributed by atoms with Gasteiger partial charge in [0.25, 0.3) is 10.0 Å². The van der Waals surface area contributed by atoms with E-state index in [0.29, 0.717) is 24.0 Å². The van der Waals surface area contributed by atoms with Crippen LogP contribution in [0.5, 0.6) is 0 Å². The molecule has 1 aliphatic rings. The molecule has 11 nitrogen and oxygen atoms in total. The van der Waals surface area contributed by atoms with Gasteiger partial charge in [0.05, 0.1) is 23.6 Å². The highest BCUT2D eigenvalue weighted by Crippen LogP contribution is 2.28. The zero-order valence-corrected chi connectivity index (χ0v) is 25.0. The number of aliphatic hydroxyl groups excluding tert-OH is 1. The van der Waals surface area contributed by atoms with Gasteiger partial charge in [0.2, 0.25) is 0 Å². The number of rotatable bonds is 11. The third-order valence-electron chi connectivity index (χ3n) is 7.43. The van der Waals surface area contributed by atoms with Crippen molar-refractivity contribution in [2.24, 2.45) is 10.9 Å². The first-order chi connectivity index (χ1) is 20.6.